The van der Waals surface area contributed by atoms with Crippen LogP contribution in [0.25, 0.3) is 0 Å². The number of hydrogen-bond donors (Lipinski definition) is 1. The van der Waals surface area contributed by atoms with Crippen LogP contribution < -0.4 is 0 Å². The molecule has 1 saturated heterocycles. The molecule has 1 aromatic rings. The summed E-state index contributed by atoms with van der Waals surface area (Å²) in [5.41, 5.74) is 4.02. The third kappa shape index (κ3) is 3.46. The third-order valence-electron chi connectivity index (χ3n) is 4.73. The van der Waals surface area contributed by atoms with E-state index in [0.29, 0.717) is 5.91 Å². The van der Waals surface area contributed by atoms with Crippen molar-refractivity contribution < 1.29 is 4.79 Å². The second-order valence-corrected chi connectivity index (χ2v) is 6.41. The summed E-state index contributed by atoms with van der Waals surface area (Å²) in [5, 5.41) is 7.76. The minimum atomic E-state index is 0.317. The lowest BCUT2D eigenvalue weighted by molar-refractivity contribution is -0.127. The molecule has 0 unspecified atom stereocenters. The first kappa shape index (κ1) is 14.6. The van der Waals surface area contributed by atoms with Gasteiger partial charge < -0.3 is 4.90 Å². The highest BCUT2D eigenvalue weighted by atomic mass is 16.2. The lowest BCUT2D eigenvalue weighted by Crippen LogP contribution is -2.33. The van der Waals surface area contributed by atoms with Crippen LogP contribution in [0, 0.1) is 0 Å². The average molecular weight is 290 g/mol. The normalized spacial score (nSPS) is 19.1. The molecule has 1 aromatic heterocycles. The van der Waals surface area contributed by atoms with E-state index in [1.54, 1.807) is 0 Å². The maximum Gasteiger partial charge on any atom is 0.222 e. The lowest BCUT2D eigenvalue weighted by atomic mass is 10.1. The van der Waals surface area contributed by atoms with Crippen molar-refractivity contribution in [2.45, 2.75) is 51.5 Å². The fourth-order valence-electron chi connectivity index (χ4n) is 3.42. The van der Waals surface area contributed by atoms with Gasteiger partial charge in [-0.3, -0.25) is 14.8 Å². The molecule has 0 aromatic carbocycles. The standard InChI is InChI=1S/C16H26N4O/c1-19(10-11-20-9-5-8-16(20)21)12-15-13-6-3-2-4-7-14(13)17-18-15/h2-12H2,1H3,(H,17,18). The first-order valence-electron chi connectivity index (χ1n) is 8.25. The van der Waals surface area contributed by atoms with Crippen molar-refractivity contribution in [2.75, 3.05) is 26.7 Å². The zero-order valence-corrected chi connectivity index (χ0v) is 13.0. The van der Waals surface area contributed by atoms with E-state index >= 15 is 0 Å². The zero-order valence-electron chi connectivity index (χ0n) is 13.0. The van der Waals surface area contributed by atoms with Crippen LogP contribution in [0.5, 0.6) is 0 Å². The summed E-state index contributed by atoms with van der Waals surface area (Å²) in [5.74, 6) is 0.317. The molecule has 5 nitrogen and oxygen atoms in total. The highest BCUT2D eigenvalue weighted by Crippen LogP contribution is 2.22. The molecule has 1 fully saturated rings. The SMILES string of the molecule is CN(CCN1CCCC1=O)Cc1n[nH]c2c1CCCCC2. The van der Waals surface area contributed by atoms with E-state index in [1.807, 2.05) is 4.90 Å². The number of likely N-dealkylation sites (N-methyl/N-ethyl adjacent to an activating group) is 1. The van der Waals surface area contributed by atoms with Gasteiger partial charge in [0.15, 0.2) is 0 Å². The Labute approximate surface area is 126 Å². The van der Waals surface area contributed by atoms with E-state index in [2.05, 4.69) is 22.1 Å². The van der Waals surface area contributed by atoms with Gasteiger partial charge in [0.1, 0.15) is 0 Å². The Kier molecular flexibility index (Phi) is 4.58. The molecule has 0 bridgehead atoms. The summed E-state index contributed by atoms with van der Waals surface area (Å²) in [6.07, 6.45) is 7.96. The van der Waals surface area contributed by atoms with Gasteiger partial charge in [0.05, 0.1) is 5.69 Å². The highest BCUT2D eigenvalue weighted by Gasteiger charge is 2.21. The number of aromatic amines is 1. The number of likely N-dealkylation sites (tertiary alicyclic amines) is 1. The first-order valence-corrected chi connectivity index (χ1v) is 8.25. The molecule has 116 valence electrons. The van der Waals surface area contributed by atoms with Crippen LogP contribution >= 0.6 is 0 Å². The predicted molar refractivity (Wildman–Crippen MR) is 82.0 cm³/mol. The third-order valence-corrected chi connectivity index (χ3v) is 4.73. The first-order chi connectivity index (χ1) is 10.2. The minimum Gasteiger partial charge on any atom is -0.341 e. The topological polar surface area (TPSA) is 52.2 Å². The van der Waals surface area contributed by atoms with Crippen LogP contribution in [0.3, 0.4) is 0 Å². The van der Waals surface area contributed by atoms with Gasteiger partial charge in [-0.15, -0.1) is 0 Å². The summed E-state index contributed by atoms with van der Waals surface area (Å²) < 4.78 is 0. The molecule has 2 heterocycles. The van der Waals surface area contributed by atoms with Crippen LogP contribution in [0.4, 0.5) is 0 Å². The summed E-state index contributed by atoms with van der Waals surface area (Å²) in [6.45, 7) is 3.59. The van der Waals surface area contributed by atoms with E-state index < -0.39 is 0 Å². The van der Waals surface area contributed by atoms with Crippen LogP contribution in [-0.2, 0) is 24.2 Å². The molecule has 1 N–H and O–H groups in total. The number of nitrogens with zero attached hydrogens (tertiary/aromatic N) is 3. The molecule has 2 aliphatic rings. The molecule has 1 aliphatic carbocycles. The Morgan fingerprint density at radius 3 is 2.86 bits per heavy atom. The molecule has 5 heteroatoms. The molecule has 0 atom stereocenters. The fraction of sp³-hybridized carbons (Fsp3) is 0.750. The van der Waals surface area contributed by atoms with E-state index in [9.17, 15) is 4.79 Å². The number of carbonyl (C=O) groups is 1. The summed E-state index contributed by atoms with van der Waals surface area (Å²) in [6, 6.07) is 0. The number of amides is 1. The van der Waals surface area contributed by atoms with Crippen molar-refractivity contribution in [2.24, 2.45) is 0 Å². The number of carbonyl (C=O) groups excluding carboxylic acids is 1. The Morgan fingerprint density at radius 2 is 2.05 bits per heavy atom. The summed E-state index contributed by atoms with van der Waals surface area (Å²) >= 11 is 0. The highest BCUT2D eigenvalue weighted by molar-refractivity contribution is 5.78. The summed E-state index contributed by atoms with van der Waals surface area (Å²) in [4.78, 5) is 15.9. The number of nitrogens with one attached hydrogen (secondary N) is 1. The average Bonchev–Trinajstić information content (AvgIpc) is 2.96. The zero-order chi connectivity index (χ0) is 14.7. The van der Waals surface area contributed by atoms with Gasteiger partial charge in [-0.05, 0) is 44.7 Å². The van der Waals surface area contributed by atoms with E-state index in [0.717, 1.165) is 45.4 Å². The Hall–Kier alpha value is -1.36. The predicted octanol–water partition coefficient (Wildman–Crippen LogP) is 1.73. The van der Waals surface area contributed by atoms with Crippen molar-refractivity contribution in [3.63, 3.8) is 0 Å². The molecule has 0 spiro atoms. The molecule has 3 rings (SSSR count). The Bertz CT molecular complexity index is 496. The number of fused-ring (bicyclic) bond motifs is 1. The number of H-pyrrole nitrogens is 1. The number of rotatable bonds is 5. The van der Waals surface area contributed by atoms with Crippen LogP contribution in [0.1, 0.15) is 49.1 Å². The van der Waals surface area contributed by atoms with Gasteiger partial charge in [-0.25, -0.2) is 0 Å². The maximum absolute atomic E-state index is 11.6. The quantitative estimate of drug-likeness (QED) is 0.840. The van der Waals surface area contributed by atoms with Gasteiger partial charge in [-0.1, -0.05) is 6.42 Å². The Balaban J connectivity index is 1.54. The molecular formula is C16H26N4O. The van der Waals surface area contributed by atoms with Crippen LogP contribution in [-0.4, -0.2) is 52.6 Å². The number of hydrogen-bond acceptors (Lipinski definition) is 3. The van der Waals surface area contributed by atoms with Gasteiger partial charge in [0.2, 0.25) is 5.91 Å². The van der Waals surface area contributed by atoms with E-state index in [4.69, 9.17) is 0 Å². The van der Waals surface area contributed by atoms with Crippen molar-refractivity contribution in [1.82, 2.24) is 20.0 Å². The van der Waals surface area contributed by atoms with E-state index in [1.165, 1.54) is 42.6 Å². The Morgan fingerprint density at radius 1 is 1.19 bits per heavy atom. The second-order valence-electron chi connectivity index (χ2n) is 6.41. The molecule has 1 aliphatic heterocycles. The maximum atomic E-state index is 11.6. The smallest absolute Gasteiger partial charge is 0.222 e. The van der Waals surface area contributed by atoms with Gasteiger partial charge in [-0.2, -0.15) is 5.10 Å². The number of aromatic nitrogens is 2. The van der Waals surface area contributed by atoms with Crippen molar-refractivity contribution >= 4 is 5.91 Å². The molecule has 21 heavy (non-hydrogen) atoms. The van der Waals surface area contributed by atoms with Crippen LogP contribution in [0.15, 0.2) is 0 Å². The lowest BCUT2D eigenvalue weighted by Gasteiger charge is -2.21. The van der Waals surface area contributed by atoms with E-state index in [-0.39, 0.29) is 0 Å². The van der Waals surface area contributed by atoms with Crippen molar-refractivity contribution in [1.29, 1.82) is 0 Å². The largest absolute Gasteiger partial charge is 0.341 e. The van der Waals surface area contributed by atoms with Crippen molar-refractivity contribution in [3.8, 4) is 0 Å². The van der Waals surface area contributed by atoms with Gasteiger partial charge >= 0.3 is 0 Å². The summed E-state index contributed by atoms with van der Waals surface area (Å²) in [7, 11) is 2.12. The van der Waals surface area contributed by atoms with Gasteiger partial charge in [0.25, 0.3) is 0 Å². The minimum absolute atomic E-state index is 0.317. The van der Waals surface area contributed by atoms with Gasteiger partial charge in [0, 0.05) is 38.3 Å². The molecule has 1 amide bonds. The van der Waals surface area contributed by atoms with Crippen molar-refractivity contribution in [3.05, 3.63) is 17.0 Å². The molecule has 0 radical (unpaired) electrons. The fourth-order valence-corrected chi connectivity index (χ4v) is 3.42. The number of aryl methyl sites for hydroxylation is 1. The monoisotopic (exact) mass is 290 g/mol. The second kappa shape index (κ2) is 6.60. The van der Waals surface area contributed by atoms with Crippen LogP contribution in [0.2, 0.25) is 0 Å². The molecule has 0 saturated carbocycles. The molecular weight excluding hydrogens is 264 g/mol.